The maximum atomic E-state index is 6.16. The molecule has 8 heteroatoms. The molecule has 0 N–H and O–H groups in total. The second-order valence-corrected chi connectivity index (χ2v) is 15.7. The van der Waals surface area contributed by atoms with Gasteiger partial charge in [-0.2, -0.15) is 0 Å². The normalized spacial score (nSPS) is 14.0. The number of unbranched alkanes of at least 4 members (excludes halogenated alkanes) is 10. The van der Waals surface area contributed by atoms with Crippen molar-refractivity contribution in [2.24, 2.45) is 0 Å². The zero-order chi connectivity index (χ0) is 30.1. The molecule has 0 saturated carbocycles. The summed E-state index contributed by atoms with van der Waals surface area (Å²) in [5.41, 5.74) is 2.91. The molecule has 6 heterocycles. The van der Waals surface area contributed by atoms with Gasteiger partial charge in [-0.15, -0.1) is 45.3 Å². The van der Waals surface area contributed by atoms with Gasteiger partial charge >= 0.3 is 0 Å². The number of thiophene rings is 4. The number of fused-ring (bicyclic) bond motifs is 2. The molecule has 238 valence electrons. The van der Waals surface area contributed by atoms with E-state index in [1.54, 1.807) is 22.7 Å². The van der Waals surface area contributed by atoms with Gasteiger partial charge in [0.25, 0.3) is 0 Å². The Hall–Kier alpha value is -2.00. The minimum absolute atomic E-state index is 0.620. The highest BCUT2D eigenvalue weighted by atomic mass is 32.1. The van der Waals surface area contributed by atoms with Crippen LogP contribution in [0.15, 0.2) is 22.9 Å². The van der Waals surface area contributed by atoms with Crippen molar-refractivity contribution in [2.45, 2.75) is 104 Å². The van der Waals surface area contributed by atoms with Gasteiger partial charge < -0.3 is 18.9 Å². The molecule has 0 bridgehead atoms. The zero-order valence-electron chi connectivity index (χ0n) is 26.3. The molecule has 0 unspecified atom stereocenters. The van der Waals surface area contributed by atoms with E-state index in [9.17, 15) is 0 Å². The lowest BCUT2D eigenvalue weighted by atomic mass is 10.0. The highest BCUT2D eigenvalue weighted by Gasteiger charge is 2.27. The third-order valence-electron chi connectivity index (χ3n) is 8.47. The lowest BCUT2D eigenvalue weighted by Crippen LogP contribution is -2.14. The molecule has 2 aliphatic rings. The summed E-state index contributed by atoms with van der Waals surface area (Å²) in [7, 11) is 0. The van der Waals surface area contributed by atoms with Crippen molar-refractivity contribution < 1.29 is 18.9 Å². The van der Waals surface area contributed by atoms with Crippen molar-refractivity contribution in [1.82, 2.24) is 0 Å². The van der Waals surface area contributed by atoms with Crippen molar-refractivity contribution >= 4 is 45.3 Å². The first-order valence-electron chi connectivity index (χ1n) is 16.8. The Labute approximate surface area is 279 Å². The van der Waals surface area contributed by atoms with Crippen LogP contribution < -0.4 is 18.9 Å². The molecule has 6 rings (SSSR count). The van der Waals surface area contributed by atoms with Crippen LogP contribution in [0.25, 0.3) is 29.3 Å². The first kappa shape index (κ1) is 32.0. The van der Waals surface area contributed by atoms with E-state index in [1.165, 1.54) is 117 Å². The van der Waals surface area contributed by atoms with E-state index in [2.05, 4.69) is 36.7 Å². The van der Waals surface area contributed by atoms with Crippen LogP contribution >= 0.6 is 45.3 Å². The average molecular weight is 671 g/mol. The predicted octanol–water partition coefficient (Wildman–Crippen LogP) is 12.3. The number of hydrogen-bond acceptors (Lipinski definition) is 8. The molecule has 2 aliphatic heterocycles. The Morgan fingerprint density at radius 2 is 0.909 bits per heavy atom. The van der Waals surface area contributed by atoms with Crippen molar-refractivity contribution in [2.75, 3.05) is 26.4 Å². The molecule has 4 aromatic rings. The second-order valence-electron chi connectivity index (χ2n) is 11.9. The van der Waals surface area contributed by atoms with Crippen molar-refractivity contribution in [3.8, 4) is 52.3 Å². The molecule has 0 aromatic carbocycles. The lowest BCUT2D eigenvalue weighted by Gasteiger charge is -2.16. The Morgan fingerprint density at radius 1 is 0.500 bits per heavy atom. The van der Waals surface area contributed by atoms with Crippen molar-refractivity contribution in [3.63, 3.8) is 0 Å². The summed E-state index contributed by atoms with van der Waals surface area (Å²) in [4.78, 5) is 7.93. The average Bonchev–Trinajstić information content (AvgIpc) is 3.85. The molecule has 44 heavy (non-hydrogen) atoms. The van der Waals surface area contributed by atoms with Gasteiger partial charge in [0.2, 0.25) is 0 Å². The zero-order valence-corrected chi connectivity index (χ0v) is 29.6. The topological polar surface area (TPSA) is 36.9 Å². The van der Waals surface area contributed by atoms with E-state index in [-0.39, 0.29) is 0 Å². The van der Waals surface area contributed by atoms with E-state index in [1.807, 2.05) is 22.7 Å². The third kappa shape index (κ3) is 7.51. The van der Waals surface area contributed by atoms with Crippen molar-refractivity contribution in [1.29, 1.82) is 0 Å². The Kier molecular flexibility index (Phi) is 11.6. The highest BCUT2D eigenvalue weighted by Crippen LogP contribution is 2.54. The van der Waals surface area contributed by atoms with Crippen LogP contribution in [0.5, 0.6) is 23.0 Å². The number of aryl methyl sites for hydroxylation is 2. The van der Waals surface area contributed by atoms with Gasteiger partial charge in [-0.05, 0) is 48.9 Å². The molecule has 0 saturated heterocycles. The molecular formula is C36H46O4S4. The summed E-state index contributed by atoms with van der Waals surface area (Å²) in [6.45, 7) is 7.07. The Bertz CT molecular complexity index is 1360. The summed E-state index contributed by atoms with van der Waals surface area (Å²) in [5, 5.41) is 4.25. The van der Waals surface area contributed by atoms with Crippen LogP contribution in [-0.2, 0) is 12.8 Å². The molecule has 0 amide bonds. The molecule has 0 aliphatic carbocycles. The van der Waals surface area contributed by atoms with E-state index in [4.69, 9.17) is 18.9 Å². The van der Waals surface area contributed by atoms with E-state index in [0.717, 1.165) is 35.8 Å². The molecule has 4 aromatic heterocycles. The standard InChI is InChI=1S/C36H46O4S4/c1-3-5-7-9-11-13-15-25-21-29(43-33(25)35-31-27(23-41-35)37-17-19-39-31)30-22-26(16-14-12-10-8-6-4-2)34(44-30)36-32-28(24-42-36)38-18-20-40-32/h21-24H,3-20H2,1-2H3. The van der Waals surface area contributed by atoms with Crippen molar-refractivity contribution in [3.05, 3.63) is 34.0 Å². The van der Waals surface area contributed by atoms with Gasteiger partial charge in [0.15, 0.2) is 23.0 Å². The monoisotopic (exact) mass is 670 g/mol. The number of hydrogen-bond donors (Lipinski definition) is 0. The fraction of sp³-hybridized carbons (Fsp3) is 0.556. The molecule has 0 atom stereocenters. The fourth-order valence-corrected chi connectivity index (χ4v) is 10.8. The van der Waals surface area contributed by atoms with Gasteiger partial charge in [-0.1, -0.05) is 78.1 Å². The van der Waals surface area contributed by atoms with Crippen LogP contribution in [-0.4, -0.2) is 26.4 Å². The summed E-state index contributed by atoms with van der Waals surface area (Å²) in [5.74, 6) is 3.69. The summed E-state index contributed by atoms with van der Waals surface area (Å²) in [6, 6.07) is 4.96. The second kappa shape index (κ2) is 16.0. The smallest absolute Gasteiger partial charge is 0.180 e. The quantitative estimate of drug-likeness (QED) is 0.105. The van der Waals surface area contributed by atoms with Crippen LogP contribution in [0.2, 0.25) is 0 Å². The SMILES string of the molecule is CCCCCCCCc1cc(-c2cc(CCCCCCCC)c(-c3scc4c3OCCO4)s2)sc1-c1scc2c1OCCO2. The summed E-state index contributed by atoms with van der Waals surface area (Å²) >= 11 is 7.40. The first-order valence-corrected chi connectivity index (χ1v) is 20.2. The number of ether oxygens (including phenoxy) is 4. The maximum absolute atomic E-state index is 6.16. The summed E-state index contributed by atoms with van der Waals surface area (Å²) < 4.78 is 24.2. The molecule has 0 fully saturated rings. The number of rotatable bonds is 17. The molecule has 4 nitrogen and oxygen atoms in total. The fourth-order valence-electron chi connectivity index (χ4n) is 6.09. The highest BCUT2D eigenvalue weighted by molar-refractivity contribution is 7.28. The summed E-state index contributed by atoms with van der Waals surface area (Å²) in [6.07, 6.45) is 17.9. The minimum atomic E-state index is 0.620. The Balaban J connectivity index is 1.30. The lowest BCUT2D eigenvalue weighted by molar-refractivity contribution is 0.174. The molecule has 0 spiro atoms. The van der Waals surface area contributed by atoms with E-state index in [0.29, 0.717) is 26.4 Å². The largest absolute Gasteiger partial charge is 0.485 e. The third-order valence-corrected chi connectivity index (χ3v) is 13.2. The van der Waals surface area contributed by atoms with Gasteiger partial charge in [0, 0.05) is 20.5 Å². The van der Waals surface area contributed by atoms with Gasteiger partial charge in [0.1, 0.15) is 26.4 Å². The molecule has 0 radical (unpaired) electrons. The minimum Gasteiger partial charge on any atom is -0.485 e. The van der Waals surface area contributed by atoms with Crippen LogP contribution in [0.3, 0.4) is 0 Å². The maximum Gasteiger partial charge on any atom is 0.180 e. The van der Waals surface area contributed by atoms with Crippen LogP contribution in [0, 0.1) is 0 Å². The van der Waals surface area contributed by atoms with Crippen LogP contribution in [0.1, 0.15) is 102 Å². The predicted molar refractivity (Wildman–Crippen MR) is 190 cm³/mol. The Morgan fingerprint density at radius 3 is 1.36 bits per heavy atom. The van der Waals surface area contributed by atoms with Crippen LogP contribution in [0.4, 0.5) is 0 Å². The molecular weight excluding hydrogens is 625 g/mol. The van der Waals surface area contributed by atoms with E-state index < -0.39 is 0 Å². The van der Waals surface area contributed by atoms with Gasteiger partial charge in [-0.3, -0.25) is 0 Å². The first-order chi connectivity index (χ1) is 21.8. The van der Waals surface area contributed by atoms with Gasteiger partial charge in [-0.25, -0.2) is 0 Å². The van der Waals surface area contributed by atoms with E-state index >= 15 is 0 Å². The van der Waals surface area contributed by atoms with Gasteiger partial charge in [0.05, 0.1) is 19.5 Å².